The monoisotopic (exact) mass is 296 g/mol. The van der Waals surface area contributed by atoms with Crippen LogP contribution in [0.15, 0.2) is 48.5 Å². The summed E-state index contributed by atoms with van der Waals surface area (Å²) in [4.78, 5) is 23.5. The van der Waals surface area contributed by atoms with Crippen LogP contribution in [0.3, 0.4) is 0 Å². The number of carbonyl (C=O) groups excluding carboxylic acids is 2. The van der Waals surface area contributed by atoms with Crippen molar-refractivity contribution < 1.29 is 9.59 Å². The number of hydrogen-bond donors (Lipinski definition) is 2. The molecule has 0 fully saturated rings. The predicted molar refractivity (Wildman–Crippen MR) is 87.9 cm³/mol. The van der Waals surface area contributed by atoms with Crippen LogP contribution in [0.1, 0.15) is 33.6 Å². The molecule has 0 aliphatic carbocycles. The van der Waals surface area contributed by atoms with Gasteiger partial charge in [0.05, 0.1) is 0 Å². The number of ketones is 2. The van der Waals surface area contributed by atoms with Gasteiger partial charge in [-0.1, -0.05) is 48.5 Å². The van der Waals surface area contributed by atoms with Crippen LogP contribution >= 0.6 is 0 Å². The SMILES string of the molecule is NCCC(=O)c1ccc(-c2ccc(C(=O)CCN)cc2)cc1. The van der Waals surface area contributed by atoms with E-state index in [9.17, 15) is 9.59 Å². The lowest BCUT2D eigenvalue weighted by atomic mass is 9.99. The Kier molecular flexibility index (Phi) is 5.58. The molecule has 0 bridgehead atoms. The second-order valence-electron chi connectivity index (χ2n) is 5.08. The summed E-state index contributed by atoms with van der Waals surface area (Å²) < 4.78 is 0. The van der Waals surface area contributed by atoms with Crippen molar-refractivity contribution in [3.8, 4) is 11.1 Å². The second-order valence-corrected chi connectivity index (χ2v) is 5.08. The minimum Gasteiger partial charge on any atom is -0.330 e. The lowest BCUT2D eigenvalue weighted by Gasteiger charge is -2.05. The molecule has 0 amide bonds. The molecule has 4 heteroatoms. The van der Waals surface area contributed by atoms with E-state index in [0.717, 1.165) is 11.1 Å². The molecule has 4 N–H and O–H groups in total. The van der Waals surface area contributed by atoms with Gasteiger partial charge in [0.2, 0.25) is 0 Å². The molecule has 22 heavy (non-hydrogen) atoms. The van der Waals surface area contributed by atoms with Crippen LogP contribution < -0.4 is 11.5 Å². The Hall–Kier alpha value is -2.30. The molecule has 0 heterocycles. The zero-order chi connectivity index (χ0) is 15.9. The summed E-state index contributed by atoms with van der Waals surface area (Å²) in [6, 6.07) is 14.8. The standard InChI is InChI=1S/C18H20N2O2/c19-11-9-17(21)15-5-1-13(2-6-15)14-3-7-16(8-4-14)18(22)10-12-20/h1-8H,9-12,19-20H2. The third kappa shape index (κ3) is 3.87. The van der Waals surface area contributed by atoms with E-state index in [-0.39, 0.29) is 11.6 Å². The van der Waals surface area contributed by atoms with Gasteiger partial charge in [-0.3, -0.25) is 9.59 Å². The van der Waals surface area contributed by atoms with Crippen molar-refractivity contribution in [1.29, 1.82) is 0 Å². The van der Waals surface area contributed by atoms with Crippen LogP contribution in [0, 0.1) is 0 Å². The van der Waals surface area contributed by atoms with Crippen molar-refractivity contribution >= 4 is 11.6 Å². The average molecular weight is 296 g/mol. The maximum absolute atomic E-state index is 11.7. The Balaban J connectivity index is 2.15. The van der Waals surface area contributed by atoms with E-state index >= 15 is 0 Å². The summed E-state index contributed by atoms with van der Waals surface area (Å²) in [5.41, 5.74) is 14.1. The van der Waals surface area contributed by atoms with E-state index in [1.807, 2.05) is 24.3 Å². The van der Waals surface area contributed by atoms with Crippen LogP contribution in [-0.2, 0) is 0 Å². The summed E-state index contributed by atoms with van der Waals surface area (Å²) in [5, 5.41) is 0. The average Bonchev–Trinajstić information content (AvgIpc) is 2.55. The predicted octanol–water partition coefficient (Wildman–Crippen LogP) is 2.42. The maximum atomic E-state index is 11.7. The molecular weight excluding hydrogens is 276 g/mol. The highest BCUT2D eigenvalue weighted by Gasteiger charge is 2.07. The molecule has 114 valence electrons. The second kappa shape index (κ2) is 7.64. The van der Waals surface area contributed by atoms with Crippen LogP contribution in [0.4, 0.5) is 0 Å². The van der Waals surface area contributed by atoms with Crippen LogP contribution in [0.25, 0.3) is 11.1 Å². The van der Waals surface area contributed by atoms with E-state index in [2.05, 4.69) is 0 Å². The highest BCUT2D eigenvalue weighted by Crippen LogP contribution is 2.21. The number of nitrogens with two attached hydrogens (primary N) is 2. The van der Waals surface area contributed by atoms with Crippen molar-refractivity contribution in [3.63, 3.8) is 0 Å². The van der Waals surface area contributed by atoms with Gasteiger partial charge in [-0.15, -0.1) is 0 Å². The van der Waals surface area contributed by atoms with Crippen LogP contribution in [-0.4, -0.2) is 24.7 Å². The molecule has 0 saturated heterocycles. The number of rotatable bonds is 7. The molecule has 0 aliphatic rings. The summed E-state index contributed by atoms with van der Waals surface area (Å²) in [6.07, 6.45) is 0.717. The van der Waals surface area contributed by atoms with Gasteiger partial charge in [0, 0.05) is 24.0 Å². The first kappa shape index (κ1) is 16.1. The quantitative estimate of drug-likeness (QED) is 0.768. The zero-order valence-electron chi connectivity index (χ0n) is 12.4. The summed E-state index contributed by atoms with van der Waals surface area (Å²) in [5.74, 6) is 0.105. The van der Waals surface area contributed by atoms with Gasteiger partial charge in [0.15, 0.2) is 11.6 Å². The molecule has 0 saturated carbocycles. The van der Waals surface area contributed by atoms with Crippen molar-refractivity contribution in [1.82, 2.24) is 0 Å². The largest absolute Gasteiger partial charge is 0.330 e. The topological polar surface area (TPSA) is 86.2 Å². The number of hydrogen-bond acceptors (Lipinski definition) is 4. The first-order chi connectivity index (χ1) is 10.7. The van der Waals surface area contributed by atoms with E-state index in [0.29, 0.717) is 37.1 Å². The summed E-state index contributed by atoms with van der Waals surface area (Å²) >= 11 is 0. The fourth-order valence-electron chi connectivity index (χ4n) is 2.25. The molecule has 0 aromatic heterocycles. The fraction of sp³-hybridized carbons (Fsp3) is 0.222. The first-order valence-electron chi connectivity index (χ1n) is 7.32. The number of carbonyl (C=O) groups is 2. The van der Waals surface area contributed by atoms with Crippen molar-refractivity contribution in [3.05, 3.63) is 59.7 Å². The van der Waals surface area contributed by atoms with E-state index in [4.69, 9.17) is 11.5 Å². The maximum Gasteiger partial charge on any atom is 0.164 e. The van der Waals surface area contributed by atoms with E-state index in [1.165, 1.54) is 0 Å². The highest BCUT2D eigenvalue weighted by atomic mass is 16.1. The summed E-state index contributed by atoms with van der Waals surface area (Å²) in [7, 11) is 0. The van der Waals surface area contributed by atoms with Gasteiger partial charge in [-0.2, -0.15) is 0 Å². The van der Waals surface area contributed by atoms with Gasteiger partial charge in [-0.25, -0.2) is 0 Å². The lowest BCUT2D eigenvalue weighted by Crippen LogP contribution is -2.08. The number of Topliss-reactive ketones (excluding diaryl/α,β-unsaturated/α-hetero) is 2. The fourth-order valence-corrected chi connectivity index (χ4v) is 2.25. The number of benzene rings is 2. The van der Waals surface area contributed by atoms with Gasteiger partial charge in [-0.05, 0) is 24.2 Å². The van der Waals surface area contributed by atoms with Gasteiger partial charge in [0.25, 0.3) is 0 Å². The molecule has 2 aromatic rings. The van der Waals surface area contributed by atoms with E-state index < -0.39 is 0 Å². The third-order valence-corrected chi connectivity index (χ3v) is 3.49. The van der Waals surface area contributed by atoms with Gasteiger partial charge in [0.1, 0.15) is 0 Å². The first-order valence-corrected chi connectivity index (χ1v) is 7.32. The van der Waals surface area contributed by atoms with Gasteiger partial charge >= 0.3 is 0 Å². The molecule has 0 radical (unpaired) electrons. The smallest absolute Gasteiger partial charge is 0.164 e. The molecule has 0 aliphatic heterocycles. The molecule has 0 spiro atoms. The Labute approximate surface area is 130 Å². The van der Waals surface area contributed by atoms with Crippen LogP contribution in [0.2, 0.25) is 0 Å². The Morgan fingerprint density at radius 3 is 1.23 bits per heavy atom. The molecular formula is C18H20N2O2. The normalized spacial score (nSPS) is 10.5. The Bertz CT molecular complexity index is 586. The minimum absolute atomic E-state index is 0.0526. The van der Waals surface area contributed by atoms with Crippen molar-refractivity contribution in [2.45, 2.75) is 12.8 Å². The Morgan fingerprint density at radius 1 is 0.636 bits per heavy atom. The third-order valence-electron chi connectivity index (χ3n) is 3.49. The van der Waals surface area contributed by atoms with E-state index in [1.54, 1.807) is 24.3 Å². The lowest BCUT2D eigenvalue weighted by molar-refractivity contribution is 0.0977. The molecule has 2 rings (SSSR count). The van der Waals surface area contributed by atoms with Crippen molar-refractivity contribution in [2.24, 2.45) is 11.5 Å². The molecule has 0 unspecified atom stereocenters. The Morgan fingerprint density at radius 2 is 0.955 bits per heavy atom. The van der Waals surface area contributed by atoms with Crippen molar-refractivity contribution in [2.75, 3.05) is 13.1 Å². The summed E-state index contributed by atoms with van der Waals surface area (Å²) in [6.45, 7) is 0.720. The highest BCUT2D eigenvalue weighted by molar-refractivity contribution is 5.97. The van der Waals surface area contributed by atoms with Gasteiger partial charge < -0.3 is 11.5 Å². The van der Waals surface area contributed by atoms with Crippen LogP contribution in [0.5, 0.6) is 0 Å². The zero-order valence-corrected chi connectivity index (χ0v) is 12.4. The molecule has 0 atom stereocenters. The molecule has 4 nitrogen and oxygen atoms in total. The minimum atomic E-state index is 0.0526. The molecule has 2 aromatic carbocycles.